The van der Waals surface area contributed by atoms with Gasteiger partial charge in [-0.3, -0.25) is 9.69 Å². The molecule has 0 N–H and O–H groups in total. The summed E-state index contributed by atoms with van der Waals surface area (Å²) in [6.07, 6.45) is 1.11. The number of carbonyl (C=O) groups is 1. The molecule has 142 valence electrons. The van der Waals surface area contributed by atoms with E-state index in [-0.39, 0.29) is 25.0 Å². The second-order valence-electron chi connectivity index (χ2n) is 6.71. The second-order valence-corrected chi connectivity index (χ2v) is 7.56. The van der Waals surface area contributed by atoms with Crippen LogP contribution < -0.4 is 14.2 Å². The van der Waals surface area contributed by atoms with Gasteiger partial charge in [0.2, 0.25) is 12.5 Å². The molecule has 2 aliphatic rings. The van der Waals surface area contributed by atoms with E-state index in [1.807, 2.05) is 13.1 Å². The third-order valence-electron chi connectivity index (χ3n) is 5.15. The quantitative estimate of drug-likeness (QED) is 0.696. The molecule has 2 aromatic carbocycles. The maximum atomic E-state index is 13.0. The van der Waals surface area contributed by atoms with E-state index in [1.54, 1.807) is 25.3 Å². The van der Waals surface area contributed by atoms with Gasteiger partial charge in [-0.25, -0.2) is 0 Å². The predicted octanol–water partition coefficient (Wildman–Crippen LogP) is 4.53. The van der Waals surface area contributed by atoms with Crippen molar-refractivity contribution in [1.29, 1.82) is 0 Å². The van der Waals surface area contributed by atoms with Crippen molar-refractivity contribution in [3.63, 3.8) is 0 Å². The summed E-state index contributed by atoms with van der Waals surface area (Å²) in [6.45, 7) is 1.00. The zero-order valence-electron chi connectivity index (χ0n) is 15.1. The standard InChI is InChI=1S/C20H19Cl2NO4/c1-23-6-5-11-7-17-19(27-10-26-17)20(25-2)18(11)15(23)9-16(24)13-8-12(21)3-4-14(13)22/h3-4,7-8,15H,5-6,9-10H2,1-2H3/t15-/m0/s1. The van der Waals surface area contributed by atoms with Crippen LogP contribution in [-0.4, -0.2) is 38.2 Å². The Bertz CT molecular complexity index is 915. The van der Waals surface area contributed by atoms with Crippen LogP contribution in [0.25, 0.3) is 0 Å². The van der Waals surface area contributed by atoms with Gasteiger partial charge in [0.25, 0.3) is 0 Å². The molecule has 0 saturated carbocycles. The fraction of sp³-hybridized carbons (Fsp3) is 0.350. The molecule has 0 bridgehead atoms. The van der Waals surface area contributed by atoms with Gasteiger partial charge in [0, 0.05) is 35.2 Å². The van der Waals surface area contributed by atoms with E-state index in [2.05, 4.69) is 4.90 Å². The SMILES string of the molecule is COc1c2c(cc3c1[C@H](CC(=O)c1cc(Cl)ccc1Cl)N(C)CC3)OCO2. The Morgan fingerprint density at radius 2 is 2.11 bits per heavy atom. The highest BCUT2D eigenvalue weighted by atomic mass is 35.5. The molecule has 2 aliphatic heterocycles. The molecule has 0 radical (unpaired) electrons. The maximum absolute atomic E-state index is 13.0. The van der Waals surface area contributed by atoms with Crippen molar-refractivity contribution in [3.8, 4) is 17.2 Å². The molecule has 0 aliphatic carbocycles. The van der Waals surface area contributed by atoms with Gasteiger partial charge in [-0.1, -0.05) is 23.2 Å². The summed E-state index contributed by atoms with van der Waals surface area (Å²) >= 11 is 12.3. The van der Waals surface area contributed by atoms with Crippen molar-refractivity contribution in [2.75, 3.05) is 27.5 Å². The molecule has 5 nitrogen and oxygen atoms in total. The van der Waals surface area contributed by atoms with Crippen molar-refractivity contribution in [2.24, 2.45) is 0 Å². The van der Waals surface area contributed by atoms with Crippen LogP contribution in [0.1, 0.15) is 33.9 Å². The van der Waals surface area contributed by atoms with Crippen LogP contribution in [0.5, 0.6) is 17.2 Å². The number of methoxy groups -OCH3 is 1. The molecule has 0 spiro atoms. The molecule has 0 saturated heterocycles. The molecule has 27 heavy (non-hydrogen) atoms. The highest BCUT2D eigenvalue weighted by Gasteiger charge is 2.35. The molecule has 0 aromatic heterocycles. The Kier molecular flexibility index (Phi) is 4.93. The predicted molar refractivity (Wildman–Crippen MR) is 104 cm³/mol. The number of halogens is 2. The van der Waals surface area contributed by atoms with E-state index < -0.39 is 0 Å². The van der Waals surface area contributed by atoms with Crippen molar-refractivity contribution in [3.05, 3.63) is 51.0 Å². The van der Waals surface area contributed by atoms with Gasteiger partial charge in [0.05, 0.1) is 12.1 Å². The van der Waals surface area contributed by atoms with E-state index in [4.69, 9.17) is 37.4 Å². The van der Waals surface area contributed by atoms with Crippen LogP contribution in [-0.2, 0) is 6.42 Å². The summed E-state index contributed by atoms with van der Waals surface area (Å²) in [4.78, 5) is 15.2. The third kappa shape index (κ3) is 3.24. The van der Waals surface area contributed by atoms with Gasteiger partial charge in [0.1, 0.15) is 0 Å². The number of ketones is 1. The van der Waals surface area contributed by atoms with E-state index in [9.17, 15) is 4.79 Å². The van der Waals surface area contributed by atoms with Crippen LogP contribution in [0.3, 0.4) is 0 Å². The Hall–Kier alpha value is -1.95. The summed E-state index contributed by atoms with van der Waals surface area (Å²) in [5, 5.41) is 0.891. The lowest BCUT2D eigenvalue weighted by Gasteiger charge is -2.35. The van der Waals surface area contributed by atoms with Crippen molar-refractivity contribution < 1.29 is 19.0 Å². The molecule has 0 fully saturated rings. The number of hydrogen-bond donors (Lipinski definition) is 0. The van der Waals surface area contributed by atoms with Crippen molar-refractivity contribution in [1.82, 2.24) is 4.90 Å². The lowest BCUT2D eigenvalue weighted by molar-refractivity contribution is 0.0925. The largest absolute Gasteiger partial charge is 0.492 e. The van der Waals surface area contributed by atoms with Crippen LogP contribution >= 0.6 is 23.2 Å². The number of carbonyl (C=O) groups excluding carboxylic acids is 1. The van der Waals surface area contributed by atoms with E-state index >= 15 is 0 Å². The normalized spacial score (nSPS) is 18.3. The van der Waals surface area contributed by atoms with Crippen LogP contribution in [0.2, 0.25) is 10.0 Å². The first kappa shape index (κ1) is 18.4. The smallest absolute Gasteiger partial charge is 0.231 e. The van der Waals surface area contributed by atoms with Crippen molar-refractivity contribution in [2.45, 2.75) is 18.9 Å². The first-order valence-corrected chi connectivity index (χ1v) is 9.43. The number of fused-ring (bicyclic) bond motifs is 2. The number of rotatable bonds is 4. The molecule has 2 heterocycles. The first-order chi connectivity index (χ1) is 13.0. The number of Topliss-reactive ketones (excluding diaryl/α,β-unsaturated/α-hetero) is 1. The van der Waals surface area contributed by atoms with Crippen LogP contribution in [0.4, 0.5) is 0 Å². The Balaban J connectivity index is 1.74. The molecule has 0 amide bonds. The molecular weight excluding hydrogens is 389 g/mol. The monoisotopic (exact) mass is 407 g/mol. The summed E-state index contributed by atoms with van der Waals surface area (Å²) in [5.41, 5.74) is 2.52. The Morgan fingerprint density at radius 1 is 1.30 bits per heavy atom. The minimum Gasteiger partial charge on any atom is -0.492 e. The Labute approximate surface area is 167 Å². The molecule has 2 aromatic rings. The van der Waals surface area contributed by atoms with Gasteiger partial charge in [0.15, 0.2) is 17.3 Å². The summed E-state index contributed by atoms with van der Waals surface area (Å²) < 4.78 is 16.8. The zero-order valence-corrected chi connectivity index (χ0v) is 16.6. The summed E-state index contributed by atoms with van der Waals surface area (Å²) in [5.74, 6) is 1.87. The van der Waals surface area contributed by atoms with E-state index in [0.29, 0.717) is 32.9 Å². The summed E-state index contributed by atoms with van der Waals surface area (Å²) in [6, 6.07) is 6.78. The minimum atomic E-state index is -0.152. The minimum absolute atomic E-state index is 0.0630. The Morgan fingerprint density at radius 3 is 2.89 bits per heavy atom. The number of hydrogen-bond acceptors (Lipinski definition) is 5. The molecular formula is C20H19Cl2NO4. The number of likely N-dealkylation sites (N-methyl/N-ethyl adjacent to an activating group) is 1. The van der Waals surface area contributed by atoms with Gasteiger partial charge >= 0.3 is 0 Å². The lowest BCUT2D eigenvalue weighted by Crippen LogP contribution is -2.34. The summed E-state index contributed by atoms with van der Waals surface area (Å²) in [7, 11) is 3.61. The fourth-order valence-corrected chi connectivity index (χ4v) is 4.17. The number of ether oxygens (including phenoxy) is 3. The molecule has 4 rings (SSSR count). The topological polar surface area (TPSA) is 48.0 Å². The van der Waals surface area contributed by atoms with Gasteiger partial charge in [-0.15, -0.1) is 0 Å². The number of nitrogens with zero attached hydrogens (tertiary/aromatic N) is 1. The average Bonchev–Trinajstić information content (AvgIpc) is 3.12. The van der Waals surface area contributed by atoms with Crippen LogP contribution in [0, 0.1) is 0 Å². The highest BCUT2D eigenvalue weighted by Crippen LogP contribution is 2.50. The van der Waals surface area contributed by atoms with Crippen molar-refractivity contribution >= 4 is 29.0 Å². The van der Waals surface area contributed by atoms with E-state index in [1.165, 1.54) is 0 Å². The fourth-order valence-electron chi connectivity index (χ4n) is 3.78. The maximum Gasteiger partial charge on any atom is 0.231 e. The molecule has 1 atom stereocenters. The van der Waals surface area contributed by atoms with Gasteiger partial charge < -0.3 is 14.2 Å². The zero-order chi connectivity index (χ0) is 19.1. The lowest BCUT2D eigenvalue weighted by atomic mass is 9.87. The van der Waals surface area contributed by atoms with Gasteiger partial charge in [-0.2, -0.15) is 0 Å². The van der Waals surface area contributed by atoms with Crippen LogP contribution in [0.15, 0.2) is 24.3 Å². The second kappa shape index (κ2) is 7.23. The molecule has 7 heteroatoms. The first-order valence-electron chi connectivity index (χ1n) is 8.67. The third-order valence-corrected chi connectivity index (χ3v) is 5.72. The average molecular weight is 408 g/mol. The van der Waals surface area contributed by atoms with E-state index in [0.717, 1.165) is 24.1 Å². The van der Waals surface area contributed by atoms with Gasteiger partial charge in [-0.05, 0) is 43.3 Å². The highest BCUT2D eigenvalue weighted by molar-refractivity contribution is 6.35. The number of benzene rings is 2. The molecule has 0 unspecified atom stereocenters.